The number of rotatable bonds is 14. The zero-order valence-corrected chi connectivity index (χ0v) is 26.6. The van der Waals surface area contributed by atoms with Crippen LogP contribution in [-0.2, 0) is 45.5 Å². The second-order valence-corrected chi connectivity index (χ2v) is 12.9. The molecule has 2 N–H and O–H groups in total. The molecule has 9 heteroatoms. The molecule has 4 aromatic rings. The Morgan fingerprint density at radius 3 is 2.05 bits per heavy atom. The molecule has 1 atom stereocenters. The van der Waals surface area contributed by atoms with Gasteiger partial charge in [-0.3, -0.25) is 9.59 Å². The van der Waals surface area contributed by atoms with Gasteiger partial charge in [0.15, 0.2) is 0 Å². The fourth-order valence-electron chi connectivity index (χ4n) is 4.86. The Morgan fingerprint density at radius 1 is 0.795 bits per heavy atom. The van der Waals surface area contributed by atoms with Crippen LogP contribution in [0.15, 0.2) is 108 Å². The van der Waals surface area contributed by atoms with Crippen molar-refractivity contribution >= 4 is 33.4 Å². The smallest absolute Gasteiger partial charge is 0.243 e. The van der Waals surface area contributed by atoms with Crippen LogP contribution in [0, 0.1) is 6.92 Å². The molecule has 0 radical (unpaired) electrons. The monoisotopic (exact) mass is 631 g/mol. The van der Waals surface area contributed by atoms with Gasteiger partial charge in [-0.25, -0.2) is 13.1 Å². The van der Waals surface area contributed by atoms with Crippen molar-refractivity contribution in [2.24, 2.45) is 0 Å². The third kappa shape index (κ3) is 9.51. The normalized spacial score (nSPS) is 12.0. The van der Waals surface area contributed by atoms with Crippen molar-refractivity contribution in [3.05, 3.63) is 136 Å². The van der Waals surface area contributed by atoms with Gasteiger partial charge in [0, 0.05) is 37.5 Å². The lowest BCUT2D eigenvalue weighted by molar-refractivity contribution is -0.141. The fourth-order valence-corrected chi connectivity index (χ4v) is 6.02. The fraction of sp³-hybridized carbons (Fsp3) is 0.257. The van der Waals surface area contributed by atoms with E-state index in [9.17, 15) is 18.0 Å². The van der Waals surface area contributed by atoms with Gasteiger partial charge >= 0.3 is 0 Å². The molecular formula is C35H38ClN3O4S. The largest absolute Gasteiger partial charge is 0.350 e. The van der Waals surface area contributed by atoms with E-state index < -0.39 is 16.1 Å². The van der Waals surface area contributed by atoms with Crippen molar-refractivity contribution in [2.75, 3.05) is 6.54 Å². The Morgan fingerprint density at radius 2 is 1.41 bits per heavy atom. The predicted octanol–water partition coefficient (Wildman–Crippen LogP) is 5.84. The molecule has 0 aliphatic carbocycles. The van der Waals surface area contributed by atoms with Crippen molar-refractivity contribution in [1.82, 2.24) is 14.9 Å². The van der Waals surface area contributed by atoms with Crippen molar-refractivity contribution in [3.63, 3.8) is 0 Å². The maximum atomic E-state index is 14.0. The van der Waals surface area contributed by atoms with Gasteiger partial charge in [0.25, 0.3) is 0 Å². The summed E-state index contributed by atoms with van der Waals surface area (Å²) in [5.41, 5.74) is 4.72. The lowest BCUT2D eigenvalue weighted by Crippen LogP contribution is -2.50. The molecule has 0 spiro atoms. The number of carbonyl (C=O) groups is 2. The summed E-state index contributed by atoms with van der Waals surface area (Å²) >= 11 is 6.13. The summed E-state index contributed by atoms with van der Waals surface area (Å²) in [6, 6.07) is 30.6. The van der Waals surface area contributed by atoms with Gasteiger partial charge < -0.3 is 10.2 Å². The molecule has 2 amide bonds. The van der Waals surface area contributed by atoms with Crippen LogP contribution in [0.3, 0.4) is 0 Å². The van der Waals surface area contributed by atoms with E-state index in [0.29, 0.717) is 31.0 Å². The molecule has 4 aromatic carbocycles. The second-order valence-electron chi connectivity index (χ2n) is 10.7. The minimum atomic E-state index is -3.57. The lowest BCUT2D eigenvalue weighted by Gasteiger charge is -2.32. The number of benzene rings is 4. The predicted molar refractivity (Wildman–Crippen MR) is 175 cm³/mol. The van der Waals surface area contributed by atoms with E-state index in [1.54, 1.807) is 48.2 Å². The number of hydrogen-bond acceptors (Lipinski definition) is 4. The topological polar surface area (TPSA) is 95.6 Å². The first-order valence-corrected chi connectivity index (χ1v) is 16.5. The van der Waals surface area contributed by atoms with Crippen LogP contribution in [0.4, 0.5) is 0 Å². The van der Waals surface area contributed by atoms with Crippen molar-refractivity contribution in [3.8, 4) is 0 Å². The number of nitrogens with one attached hydrogen (secondary N) is 2. The number of carbonyl (C=O) groups excluding carboxylic acids is 2. The van der Waals surface area contributed by atoms with E-state index in [0.717, 1.165) is 27.8 Å². The van der Waals surface area contributed by atoms with Gasteiger partial charge in [0.2, 0.25) is 21.8 Å². The third-order valence-corrected chi connectivity index (χ3v) is 9.13. The Labute approximate surface area is 265 Å². The summed E-state index contributed by atoms with van der Waals surface area (Å²) in [5, 5.41) is 3.64. The van der Waals surface area contributed by atoms with Crippen LogP contribution in [0.1, 0.15) is 41.2 Å². The van der Waals surface area contributed by atoms with E-state index in [2.05, 4.69) is 10.0 Å². The van der Waals surface area contributed by atoms with Crippen molar-refractivity contribution in [2.45, 2.75) is 57.1 Å². The van der Waals surface area contributed by atoms with E-state index in [1.165, 1.54) is 0 Å². The van der Waals surface area contributed by atoms with Gasteiger partial charge in [0.05, 0.1) is 4.90 Å². The van der Waals surface area contributed by atoms with Gasteiger partial charge in [-0.1, -0.05) is 103 Å². The molecule has 0 aromatic heterocycles. The van der Waals surface area contributed by atoms with Gasteiger partial charge in [-0.2, -0.15) is 0 Å². The molecule has 230 valence electrons. The van der Waals surface area contributed by atoms with Crippen LogP contribution in [-0.4, -0.2) is 37.7 Å². The minimum absolute atomic E-state index is 0.142. The molecular weight excluding hydrogens is 594 g/mol. The molecule has 0 aliphatic rings. The summed E-state index contributed by atoms with van der Waals surface area (Å²) < 4.78 is 27.1. The highest BCUT2D eigenvalue weighted by atomic mass is 35.5. The highest BCUT2D eigenvalue weighted by molar-refractivity contribution is 7.89. The number of sulfonamides is 1. The SMILES string of the molecule is CCNS(=O)(=O)c1ccc(CCC(=O)N(Cc2ccc(Cl)cc2)[C@@H](Cc2ccccc2)C(=O)NCc2ccc(C)cc2)cc1. The molecule has 0 unspecified atom stereocenters. The Bertz CT molecular complexity index is 1630. The average molecular weight is 632 g/mol. The molecule has 0 heterocycles. The molecule has 7 nitrogen and oxygen atoms in total. The van der Waals surface area contributed by atoms with Crippen molar-refractivity contribution < 1.29 is 18.0 Å². The highest BCUT2D eigenvalue weighted by Crippen LogP contribution is 2.19. The van der Waals surface area contributed by atoms with Crippen LogP contribution < -0.4 is 10.0 Å². The minimum Gasteiger partial charge on any atom is -0.350 e. The number of amides is 2. The van der Waals surface area contributed by atoms with E-state index >= 15 is 0 Å². The number of hydrogen-bond donors (Lipinski definition) is 2. The molecule has 44 heavy (non-hydrogen) atoms. The number of halogens is 1. The third-order valence-electron chi connectivity index (χ3n) is 7.32. The maximum Gasteiger partial charge on any atom is 0.243 e. The first-order chi connectivity index (χ1) is 21.1. The highest BCUT2D eigenvalue weighted by Gasteiger charge is 2.30. The molecule has 0 fully saturated rings. The maximum absolute atomic E-state index is 14.0. The molecule has 0 bridgehead atoms. The Kier molecular flexibility index (Phi) is 11.7. The molecule has 0 aliphatic heterocycles. The number of nitrogens with zero attached hydrogens (tertiary/aromatic N) is 1. The van der Waals surface area contributed by atoms with Gasteiger partial charge in [-0.05, 0) is 59.9 Å². The Balaban J connectivity index is 1.58. The van der Waals surface area contributed by atoms with E-state index in [-0.39, 0.29) is 29.7 Å². The molecule has 4 rings (SSSR count). The van der Waals surface area contributed by atoms with Crippen LogP contribution in [0.5, 0.6) is 0 Å². The van der Waals surface area contributed by atoms with E-state index in [1.807, 2.05) is 73.7 Å². The van der Waals surface area contributed by atoms with Gasteiger partial charge in [-0.15, -0.1) is 0 Å². The zero-order chi connectivity index (χ0) is 31.5. The summed E-state index contributed by atoms with van der Waals surface area (Å²) in [6.45, 7) is 4.60. The van der Waals surface area contributed by atoms with Crippen molar-refractivity contribution in [1.29, 1.82) is 0 Å². The lowest BCUT2D eigenvalue weighted by atomic mass is 10.0. The standard InChI is InChI=1S/C35H38ClN3O4S/c1-3-38-44(42,43)32-20-15-27(16-21-32)17-22-34(40)39(25-30-13-18-31(36)19-14-30)33(23-28-7-5-4-6-8-28)35(41)37-24-29-11-9-26(2)10-12-29/h4-16,18-21,33,38H,3,17,22-25H2,1-2H3,(H,37,41)/t33-/m0/s1. The molecule has 0 saturated carbocycles. The molecule has 0 saturated heterocycles. The quantitative estimate of drug-likeness (QED) is 0.183. The second kappa shape index (κ2) is 15.7. The first-order valence-electron chi connectivity index (χ1n) is 14.6. The summed E-state index contributed by atoms with van der Waals surface area (Å²) in [6.07, 6.45) is 0.876. The summed E-state index contributed by atoms with van der Waals surface area (Å²) in [5.74, 6) is -0.426. The van der Waals surface area contributed by atoms with Crippen LogP contribution in [0.2, 0.25) is 5.02 Å². The van der Waals surface area contributed by atoms with E-state index in [4.69, 9.17) is 11.6 Å². The van der Waals surface area contributed by atoms with Crippen LogP contribution in [0.25, 0.3) is 0 Å². The number of aryl methyl sites for hydroxylation is 2. The summed E-state index contributed by atoms with van der Waals surface area (Å²) in [7, 11) is -3.57. The van der Waals surface area contributed by atoms with Gasteiger partial charge in [0.1, 0.15) is 6.04 Å². The summed E-state index contributed by atoms with van der Waals surface area (Å²) in [4.78, 5) is 29.6. The average Bonchev–Trinajstić information content (AvgIpc) is 3.02. The zero-order valence-electron chi connectivity index (χ0n) is 25.0. The first kappa shape index (κ1) is 32.9. The van der Waals surface area contributed by atoms with Crippen LogP contribution >= 0.6 is 11.6 Å². The Hall–Kier alpha value is -3.98.